The van der Waals surface area contributed by atoms with E-state index >= 15 is 0 Å². The van der Waals surface area contributed by atoms with Crippen molar-refractivity contribution >= 4 is 23.5 Å². The Labute approximate surface area is 107 Å². The number of benzene rings is 1. The van der Waals surface area contributed by atoms with Gasteiger partial charge in [-0.25, -0.2) is 14.1 Å². The Bertz CT molecular complexity index is 624. The maximum atomic E-state index is 13.8. The number of anilines is 1. The number of rotatable bonds is 2. The minimum absolute atomic E-state index is 0.185. The van der Waals surface area contributed by atoms with E-state index in [4.69, 9.17) is 5.11 Å². The van der Waals surface area contributed by atoms with E-state index < -0.39 is 34.9 Å². The third kappa shape index (κ3) is 1.81. The van der Waals surface area contributed by atoms with E-state index in [1.165, 1.54) is 19.9 Å². The Balaban J connectivity index is 2.65. The smallest absolute Gasteiger partial charge is 0.337 e. The molecule has 2 amide bonds. The molecule has 98 valence electrons. The highest BCUT2D eigenvalue weighted by Gasteiger charge is 2.38. The summed E-state index contributed by atoms with van der Waals surface area (Å²) < 4.78 is 13.8. The molecule has 2 rings (SSSR count). The molecule has 0 bridgehead atoms. The van der Waals surface area contributed by atoms with Crippen LogP contribution >= 0.6 is 0 Å². The van der Waals surface area contributed by atoms with Crippen LogP contribution in [0.5, 0.6) is 0 Å². The second kappa shape index (κ2) is 4.31. The molecular weight excluding hydrogens is 253 g/mol. The van der Waals surface area contributed by atoms with Crippen molar-refractivity contribution in [2.75, 3.05) is 4.90 Å². The van der Waals surface area contributed by atoms with E-state index in [1.807, 2.05) is 0 Å². The molecular formula is C13H10FNO4. The zero-order chi connectivity index (χ0) is 14.3. The number of amides is 2. The van der Waals surface area contributed by atoms with Crippen LogP contribution in [-0.4, -0.2) is 22.9 Å². The van der Waals surface area contributed by atoms with Gasteiger partial charge in [-0.2, -0.15) is 0 Å². The third-order valence-electron chi connectivity index (χ3n) is 3.05. The summed E-state index contributed by atoms with van der Waals surface area (Å²) in [6.45, 7) is 2.88. The van der Waals surface area contributed by atoms with Crippen LogP contribution in [0.3, 0.4) is 0 Å². The molecule has 1 aromatic carbocycles. The lowest BCUT2D eigenvalue weighted by Crippen LogP contribution is -2.33. The Kier molecular flexibility index (Phi) is 2.94. The second-order valence-corrected chi connectivity index (χ2v) is 4.14. The molecule has 1 aliphatic heterocycles. The maximum Gasteiger partial charge on any atom is 0.337 e. The monoisotopic (exact) mass is 263 g/mol. The fraction of sp³-hybridized carbons (Fsp3) is 0.154. The molecule has 1 aliphatic rings. The number of para-hydroxylation sites is 1. The van der Waals surface area contributed by atoms with Crippen LogP contribution in [0.4, 0.5) is 10.1 Å². The lowest BCUT2D eigenvalue weighted by molar-refractivity contribution is -0.120. The van der Waals surface area contributed by atoms with Gasteiger partial charge in [-0.15, -0.1) is 0 Å². The van der Waals surface area contributed by atoms with Crippen molar-refractivity contribution < 1.29 is 23.9 Å². The molecule has 0 atom stereocenters. The summed E-state index contributed by atoms with van der Waals surface area (Å²) in [5, 5.41) is 9.03. The van der Waals surface area contributed by atoms with E-state index in [-0.39, 0.29) is 11.1 Å². The van der Waals surface area contributed by atoms with Gasteiger partial charge in [0.1, 0.15) is 11.5 Å². The van der Waals surface area contributed by atoms with Crippen LogP contribution in [0.1, 0.15) is 24.2 Å². The number of carbonyl (C=O) groups is 3. The first-order chi connectivity index (χ1) is 8.86. The van der Waals surface area contributed by atoms with E-state index in [0.717, 1.165) is 12.1 Å². The summed E-state index contributed by atoms with van der Waals surface area (Å²) in [4.78, 5) is 35.5. The average Bonchev–Trinajstić information content (AvgIpc) is 2.54. The normalized spacial score (nSPS) is 15.4. The van der Waals surface area contributed by atoms with E-state index in [2.05, 4.69) is 0 Å². The number of carboxylic acid groups (broad SMARTS) is 1. The topological polar surface area (TPSA) is 74.7 Å². The van der Waals surface area contributed by atoms with Gasteiger partial charge < -0.3 is 5.11 Å². The first-order valence-corrected chi connectivity index (χ1v) is 5.44. The molecule has 0 saturated heterocycles. The summed E-state index contributed by atoms with van der Waals surface area (Å²) >= 11 is 0. The first-order valence-electron chi connectivity index (χ1n) is 5.44. The second-order valence-electron chi connectivity index (χ2n) is 4.14. The van der Waals surface area contributed by atoms with E-state index in [9.17, 15) is 18.8 Å². The van der Waals surface area contributed by atoms with E-state index in [1.54, 1.807) is 0 Å². The Morgan fingerprint density at radius 1 is 1.16 bits per heavy atom. The zero-order valence-corrected chi connectivity index (χ0v) is 10.2. The Hall–Kier alpha value is -2.50. The number of hydrogen-bond donors (Lipinski definition) is 1. The van der Waals surface area contributed by atoms with Crippen molar-refractivity contribution in [2.45, 2.75) is 13.8 Å². The van der Waals surface area contributed by atoms with Crippen LogP contribution < -0.4 is 4.90 Å². The van der Waals surface area contributed by atoms with Gasteiger partial charge in [0.05, 0.1) is 5.56 Å². The number of hydrogen-bond acceptors (Lipinski definition) is 3. The summed E-state index contributed by atoms with van der Waals surface area (Å²) in [5.41, 5.74) is -0.570. The lowest BCUT2D eigenvalue weighted by atomic mass is 10.1. The zero-order valence-electron chi connectivity index (χ0n) is 10.2. The van der Waals surface area contributed by atoms with Gasteiger partial charge in [0.25, 0.3) is 11.8 Å². The number of aromatic carboxylic acids is 1. The van der Waals surface area contributed by atoms with Gasteiger partial charge in [0.15, 0.2) is 0 Å². The highest BCUT2D eigenvalue weighted by Crippen LogP contribution is 2.31. The number of nitrogens with zero attached hydrogens (tertiary/aromatic N) is 1. The molecule has 0 spiro atoms. The number of halogens is 1. The van der Waals surface area contributed by atoms with Gasteiger partial charge in [0, 0.05) is 11.1 Å². The minimum Gasteiger partial charge on any atom is -0.478 e. The Morgan fingerprint density at radius 2 is 1.68 bits per heavy atom. The van der Waals surface area contributed by atoms with Crippen LogP contribution in [0.25, 0.3) is 0 Å². The third-order valence-corrected chi connectivity index (χ3v) is 3.05. The molecule has 1 heterocycles. The molecule has 5 nitrogen and oxygen atoms in total. The standard InChI is InChI=1S/C13H10FNO4/c1-6-7(2)12(17)15(11(6)16)10-8(13(18)19)4-3-5-9(10)14/h3-5H,1-2H3,(H,18,19). The minimum atomic E-state index is -1.41. The van der Waals surface area contributed by atoms with Gasteiger partial charge in [-0.1, -0.05) is 6.07 Å². The maximum absolute atomic E-state index is 13.8. The number of carbonyl (C=O) groups excluding carboxylic acids is 2. The Morgan fingerprint density at radius 3 is 2.16 bits per heavy atom. The van der Waals surface area contributed by atoms with Crippen LogP contribution in [0.15, 0.2) is 29.3 Å². The lowest BCUT2D eigenvalue weighted by Gasteiger charge is -2.17. The molecule has 0 aliphatic carbocycles. The fourth-order valence-electron chi connectivity index (χ4n) is 1.87. The quantitative estimate of drug-likeness (QED) is 0.824. The molecule has 0 fully saturated rings. The number of imide groups is 1. The molecule has 0 aromatic heterocycles. The predicted molar refractivity (Wildman–Crippen MR) is 64.2 cm³/mol. The summed E-state index contributed by atoms with van der Waals surface area (Å²) in [6.07, 6.45) is 0. The predicted octanol–water partition coefficient (Wildman–Crippen LogP) is 1.73. The highest BCUT2D eigenvalue weighted by molar-refractivity contribution is 6.33. The molecule has 6 heteroatoms. The molecule has 0 radical (unpaired) electrons. The van der Waals surface area contributed by atoms with Crippen molar-refractivity contribution in [3.05, 3.63) is 40.7 Å². The van der Waals surface area contributed by atoms with Crippen LogP contribution in [-0.2, 0) is 9.59 Å². The molecule has 0 unspecified atom stereocenters. The van der Waals surface area contributed by atoms with Crippen molar-refractivity contribution in [1.82, 2.24) is 0 Å². The van der Waals surface area contributed by atoms with Gasteiger partial charge in [0.2, 0.25) is 0 Å². The molecule has 0 saturated carbocycles. The summed E-state index contributed by atoms with van der Waals surface area (Å²) in [6, 6.07) is 3.36. The SMILES string of the molecule is CC1=C(C)C(=O)N(c2c(F)cccc2C(=O)O)C1=O. The van der Waals surface area contributed by atoms with Crippen molar-refractivity contribution in [1.29, 1.82) is 0 Å². The molecule has 19 heavy (non-hydrogen) atoms. The largest absolute Gasteiger partial charge is 0.478 e. The van der Waals surface area contributed by atoms with Crippen molar-refractivity contribution in [3.63, 3.8) is 0 Å². The van der Waals surface area contributed by atoms with Crippen molar-refractivity contribution in [2.24, 2.45) is 0 Å². The molecule has 1 aromatic rings. The van der Waals surface area contributed by atoms with Gasteiger partial charge in [-0.05, 0) is 26.0 Å². The molecule has 1 N–H and O–H groups in total. The fourth-order valence-corrected chi connectivity index (χ4v) is 1.87. The summed E-state index contributed by atoms with van der Waals surface area (Å²) in [5.74, 6) is -3.73. The summed E-state index contributed by atoms with van der Waals surface area (Å²) in [7, 11) is 0. The van der Waals surface area contributed by atoms with Crippen molar-refractivity contribution in [3.8, 4) is 0 Å². The highest BCUT2D eigenvalue weighted by atomic mass is 19.1. The van der Waals surface area contributed by atoms with Gasteiger partial charge >= 0.3 is 5.97 Å². The number of carboxylic acids is 1. The van der Waals surface area contributed by atoms with Crippen LogP contribution in [0.2, 0.25) is 0 Å². The van der Waals surface area contributed by atoms with E-state index in [0.29, 0.717) is 4.90 Å². The first kappa shape index (κ1) is 12.9. The van der Waals surface area contributed by atoms with Gasteiger partial charge in [-0.3, -0.25) is 9.59 Å². The average molecular weight is 263 g/mol. The van der Waals surface area contributed by atoms with Crippen LogP contribution in [0, 0.1) is 5.82 Å².